The van der Waals surface area contributed by atoms with E-state index in [1.54, 1.807) is 35.6 Å². The lowest BCUT2D eigenvalue weighted by atomic mass is 10.2. The summed E-state index contributed by atoms with van der Waals surface area (Å²) in [5.41, 5.74) is 2.20. The molecule has 0 radical (unpaired) electrons. The van der Waals surface area contributed by atoms with Crippen LogP contribution in [0.15, 0.2) is 53.9 Å². The highest BCUT2D eigenvalue weighted by atomic mass is 32.1. The fraction of sp³-hybridized carbons (Fsp3) is 0.286. The van der Waals surface area contributed by atoms with Crippen LogP contribution >= 0.6 is 11.3 Å². The number of rotatable bonds is 6. The molecule has 0 atom stereocenters. The van der Waals surface area contributed by atoms with E-state index in [0.29, 0.717) is 18.1 Å². The third-order valence-corrected chi connectivity index (χ3v) is 5.62. The number of halogens is 1. The minimum atomic E-state index is -0.269. The van der Waals surface area contributed by atoms with Crippen molar-refractivity contribution in [1.29, 1.82) is 0 Å². The summed E-state index contributed by atoms with van der Waals surface area (Å²) in [7, 11) is 0. The molecule has 7 heteroatoms. The molecule has 5 nitrogen and oxygen atoms in total. The summed E-state index contributed by atoms with van der Waals surface area (Å²) >= 11 is 1.59. The number of phenols is 1. The maximum absolute atomic E-state index is 12.9. The normalized spacial score (nSPS) is 15.0. The maximum atomic E-state index is 12.9. The summed E-state index contributed by atoms with van der Waals surface area (Å²) in [6, 6.07) is 13.4. The van der Waals surface area contributed by atoms with E-state index in [4.69, 9.17) is 4.74 Å². The Morgan fingerprint density at radius 3 is 2.43 bits per heavy atom. The zero-order chi connectivity index (χ0) is 19.3. The predicted octanol–water partition coefficient (Wildman–Crippen LogP) is 3.89. The second kappa shape index (κ2) is 8.58. The van der Waals surface area contributed by atoms with Crippen LogP contribution in [0.3, 0.4) is 0 Å². The Hall–Kier alpha value is -2.64. The van der Waals surface area contributed by atoms with Crippen molar-refractivity contribution in [2.45, 2.75) is 13.2 Å². The Morgan fingerprint density at radius 1 is 1.00 bits per heavy atom. The zero-order valence-corrected chi connectivity index (χ0v) is 16.2. The van der Waals surface area contributed by atoms with Gasteiger partial charge in [-0.3, -0.25) is 4.90 Å². The molecule has 0 saturated carbocycles. The molecule has 28 heavy (non-hydrogen) atoms. The van der Waals surface area contributed by atoms with Gasteiger partial charge in [-0.2, -0.15) is 0 Å². The van der Waals surface area contributed by atoms with E-state index in [1.807, 2.05) is 12.1 Å². The van der Waals surface area contributed by atoms with Gasteiger partial charge in [0.25, 0.3) is 0 Å². The van der Waals surface area contributed by atoms with Crippen LogP contribution in [0.25, 0.3) is 0 Å². The van der Waals surface area contributed by atoms with Gasteiger partial charge in [-0.15, -0.1) is 11.3 Å². The van der Waals surface area contributed by atoms with Crippen LogP contribution < -0.4 is 9.64 Å². The third-order valence-electron chi connectivity index (χ3n) is 4.75. The predicted molar refractivity (Wildman–Crippen MR) is 108 cm³/mol. The van der Waals surface area contributed by atoms with Crippen LogP contribution in [-0.4, -0.2) is 41.2 Å². The number of thiazole rings is 1. The topological polar surface area (TPSA) is 48.8 Å². The van der Waals surface area contributed by atoms with Crippen molar-refractivity contribution < 1.29 is 14.2 Å². The molecule has 1 fully saturated rings. The smallest absolute Gasteiger partial charge is 0.140 e. The summed E-state index contributed by atoms with van der Waals surface area (Å²) in [6.45, 7) is 5.08. The number of benzene rings is 2. The van der Waals surface area contributed by atoms with Gasteiger partial charge in [-0.1, -0.05) is 0 Å². The molecule has 0 amide bonds. The van der Waals surface area contributed by atoms with Crippen molar-refractivity contribution in [2.75, 3.05) is 31.1 Å². The Kier molecular flexibility index (Phi) is 5.73. The van der Waals surface area contributed by atoms with E-state index in [2.05, 4.69) is 20.2 Å². The van der Waals surface area contributed by atoms with Crippen molar-refractivity contribution in [2.24, 2.45) is 0 Å². The molecule has 0 aliphatic carbocycles. The molecular weight excluding hydrogens is 377 g/mol. The standard InChI is InChI=1S/C21H22FN3O2S/c22-16-1-7-20(8-2-16)27-14-21-23-17(15-28-21)13-24-9-11-25(12-10-24)18-3-5-19(26)6-4-18/h1-8,15,26H,9-14H2. The molecule has 0 unspecified atom stereocenters. The van der Waals surface area contributed by atoms with Crippen molar-refractivity contribution in [3.05, 3.63) is 70.4 Å². The first-order chi connectivity index (χ1) is 13.7. The number of phenolic OH excluding ortho intramolecular Hbond substituents is 1. The molecule has 2 heterocycles. The number of hydrogen-bond donors (Lipinski definition) is 1. The van der Waals surface area contributed by atoms with Crippen LogP contribution in [0.4, 0.5) is 10.1 Å². The molecule has 3 aromatic rings. The number of ether oxygens (including phenoxy) is 1. The highest BCUT2D eigenvalue weighted by Gasteiger charge is 2.18. The van der Waals surface area contributed by atoms with Gasteiger partial charge in [0.1, 0.15) is 28.9 Å². The van der Waals surface area contributed by atoms with Crippen molar-refractivity contribution in [3.63, 3.8) is 0 Å². The van der Waals surface area contributed by atoms with Crippen molar-refractivity contribution >= 4 is 17.0 Å². The minimum Gasteiger partial charge on any atom is -0.508 e. The fourth-order valence-corrected chi connectivity index (χ4v) is 3.92. The summed E-state index contributed by atoms with van der Waals surface area (Å²) in [6.07, 6.45) is 0. The quantitative estimate of drug-likeness (QED) is 0.682. The van der Waals surface area contributed by atoms with Gasteiger partial charge < -0.3 is 14.7 Å². The van der Waals surface area contributed by atoms with Gasteiger partial charge in [0.2, 0.25) is 0 Å². The van der Waals surface area contributed by atoms with Crippen molar-refractivity contribution in [3.8, 4) is 11.5 Å². The highest BCUT2D eigenvalue weighted by molar-refractivity contribution is 7.09. The van der Waals surface area contributed by atoms with Gasteiger partial charge in [0, 0.05) is 43.8 Å². The van der Waals surface area contributed by atoms with Gasteiger partial charge in [-0.25, -0.2) is 9.37 Å². The monoisotopic (exact) mass is 399 g/mol. The van der Waals surface area contributed by atoms with Crippen LogP contribution in [0, 0.1) is 5.82 Å². The van der Waals surface area contributed by atoms with Gasteiger partial charge >= 0.3 is 0 Å². The third kappa shape index (κ3) is 4.79. The molecule has 2 aromatic carbocycles. The molecule has 0 spiro atoms. The van der Waals surface area contributed by atoms with E-state index >= 15 is 0 Å². The number of anilines is 1. The molecule has 4 rings (SSSR count). The average molecular weight is 399 g/mol. The molecule has 1 aromatic heterocycles. The minimum absolute atomic E-state index is 0.269. The summed E-state index contributed by atoms with van der Waals surface area (Å²) in [5, 5.41) is 12.4. The van der Waals surface area contributed by atoms with Crippen LogP contribution in [0.5, 0.6) is 11.5 Å². The number of aromatic nitrogens is 1. The lowest BCUT2D eigenvalue weighted by Crippen LogP contribution is -2.46. The van der Waals surface area contributed by atoms with Crippen LogP contribution in [0.2, 0.25) is 0 Å². The van der Waals surface area contributed by atoms with Gasteiger partial charge in [0.15, 0.2) is 0 Å². The highest BCUT2D eigenvalue weighted by Crippen LogP contribution is 2.21. The Labute approximate surface area is 167 Å². The maximum Gasteiger partial charge on any atom is 0.140 e. The first kappa shape index (κ1) is 18.7. The van der Waals surface area contributed by atoms with Crippen LogP contribution in [0.1, 0.15) is 10.7 Å². The van der Waals surface area contributed by atoms with E-state index in [-0.39, 0.29) is 5.82 Å². The lowest BCUT2D eigenvalue weighted by molar-refractivity contribution is 0.246. The number of piperazine rings is 1. The molecule has 1 aliphatic rings. The molecular formula is C21H22FN3O2S. The van der Waals surface area contributed by atoms with Crippen LogP contribution in [-0.2, 0) is 13.2 Å². The largest absolute Gasteiger partial charge is 0.508 e. The second-order valence-electron chi connectivity index (χ2n) is 6.75. The summed E-state index contributed by atoms with van der Waals surface area (Å²) in [4.78, 5) is 9.39. The number of hydrogen-bond acceptors (Lipinski definition) is 6. The summed E-state index contributed by atoms with van der Waals surface area (Å²) < 4.78 is 18.6. The molecule has 1 N–H and O–H groups in total. The Bertz CT molecular complexity index is 891. The zero-order valence-electron chi connectivity index (χ0n) is 15.4. The summed E-state index contributed by atoms with van der Waals surface area (Å²) in [5.74, 6) is 0.669. The molecule has 1 aliphatic heterocycles. The van der Waals surface area contributed by atoms with E-state index in [1.165, 1.54) is 12.1 Å². The van der Waals surface area contributed by atoms with Crippen molar-refractivity contribution in [1.82, 2.24) is 9.88 Å². The Morgan fingerprint density at radius 2 is 1.71 bits per heavy atom. The number of aromatic hydroxyl groups is 1. The van der Waals surface area contributed by atoms with E-state index < -0.39 is 0 Å². The van der Waals surface area contributed by atoms with Gasteiger partial charge in [0.05, 0.1) is 5.69 Å². The SMILES string of the molecule is Oc1ccc(N2CCN(Cc3csc(COc4ccc(F)cc4)n3)CC2)cc1. The Balaban J connectivity index is 1.25. The lowest BCUT2D eigenvalue weighted by Gasteiger charge is -2.35. The van der Waals surface area contributed by atoms with E-state index in [0.717, 1.165) is 49.1 Å². The van der Waals surface area contributed by atoms with Gasteiger partial charge in [-0.05, 0) is 48.5 Å². The first-order valence-corrected chi connectivity index (χ1v) is 10.1. The fourth-order valence-electron chi connectivity index (χ4n) is 3.22. The first-order valence-electron chi connectivity index (χ1n) is 9.24. The second-order valence-corrected chi connectivity index (χ2v) is 7.70. The van der Waals surface area contributed by atoms with E-state index in [9.17, 15) is 9.50 Å². The molecule has 0 bridgehead atoms. The average Bonchev–Trinajstić information content (AvgIpc) is 3.16. The molecule has 1 saturated heterocycles. The number of nitrogens with zero attached hydrogens (tertiary/aromatic N) is 3. The molecule has 146 valence electrons.